The van der Waals surface area contributed by atoms with Gasteiger partial charge in [-0.3, -0.25) is 0 Å². The first-order valence-electron chi connectivity index (χ1n) is 7.04. The number of nitrogens with zero attached hydrogens (tertiary/aromatic N) is 1. The van der Waals surface area contributed by atoms with Gasteiger partial charge in [0, 0.05) is 13.2 Å². The van der Waals surface area contributed by atoms with Gasteiger partial charge in [-0.1, -0.05) is 18.0 Å². The molecule has 5 nitrogen and oxygen atoms in total. The minimum atomic E-state index is 0.449. The van der Waals surface area contributed by atoms with Crippen molar-refractivity contribution in [3.8, 4) is 0 Å². The molecule has 2 N–H and O–H groups in total. The fourth-order valence-electron chi connectivity index (χ4n) is 2.76. The van der Waals surface area contributed by atoms with Gasteiger partial charge in [0.25, 0.3) is 0 Å². The number of methoxy groups -OCH3 is 1. The van der Waals surface area contributed by atoms with Crippen LogP contribution in [0.25, 0.3) is 0 Å². The lowest BCUT2D eigenvalue weighted by atomic mass is 9.80. The molecule has 2 atom stereocenters. The van der Waals surface area contributed by atoms with Crippen LogP contribution in [0.15, 0.2) is 10.6 Å². The molecule has 5 heteroatoms. The third kappa shape index (κ3) is 4.30. The Morgan fingerprint density at radius 3 is 2.84 bits per heavy atom. The van der Waals surface area contributed by atoms with Gasteiger partial charge in [-0.25, -0.2) is 0 Å². The van der Waals surface area contributed by atoms with Crippen LogP contribution in [-0.2, 0) is 22.7 Å². The SMILES string of the molecule is COCc1cc(COCC2CCCCC2CN)no1. The molecule has 1 saturated carbocycles. The van der Waals surface area contributed by atoms with E-state index in [0.717, 1.165) is 24.6 Å². The molecular weight excluding hydrogens is 244 g/mol. The van der Waals surface area contributed by atoms with Crippen molar-refractivity contribution in [1.82, 2.24) is 5.16 Å². The van der Waals surface area contributed by atoms with Crippen LogP contribution in [0.2, 0.25) is 0 Å². The minimum Gasteiger partial charge on any atom is -0.377 e. The molecule has 0 radical (unpaired) electrons. The number of rotatable bonds is 7. The summed E-state index contributed by atoms with van der Waals surface area (Å²) in [4.78, 5) is 0. The molecule has 0 aromatic carbocycles. The topological polar surface area (TPSA) is 70.5 Å². The van der Waals surface area contributed by atoms with Crippen molar-refractivity contribution in [2.24, 2.45) is 17.6 Å². The molecule has 0 amide bonds. The predicted molar refractivity (Wildman–Crippen MR) is 71.4 cm³/mol. The summed E-state index contributed by atoms with van der Waals surface area (Å²) < 4.78 is 15.9. The normalized spacial score (nSPS) is 23.7. The lowest BCUT2D eigenvalue weighted by molar-refractivity contribution is 0.0484. The highest BCUT2D eigenvalue weighted by molar-refractivity contribution is 5.03. The van der Waals surface area contributed by atoms with E-state index in [-0.39, 0.29) is 0 Å². The molecule has 1 aromatic rings. The average Bonchev–Trinajstić information content (AvgIpc) is 2.87. The van der Waals surface area contributed by atoms with E-state index in [4.69, 9.17) is 19.7 Å². The van der Waals surface area contributed by atoms with Crippen LogP contribution >= 0.6 is 0 Å². The van der Waals surface area contributed by atoms with E-state index in [0.29, 0.717) is 25.0 Å². The van der Waals surface area contributed by atoms with Crippen molar-refractivity contribution in [1.29, 1.82) is 0 Å². The lowest BCUT2D eigenvalue weighted by Crippen LogP contribution is -2.29. The zero-order valence-corrected chi connectivity index (χ0v) is 11.6. The number of aromatic nitrogens is 1. The van der Waals surface area contributed by atoms with Crippen LogP contribution in [0.1, 0.15) is 37.1 Å². The Morgan fingerprint density at radius 1 is 1.32 bits per heavy atom. The third-order valence-corrected chi connectivity index (χ3v) is 3.85. The fraction of sp³-hybridized carbons (Fsp3) is 0.786. The number of hydrogen-bond donors (Lipinski definition) is 1. The van der Waals surface area contributed by atoms with Crippen LogP contribution in [0.5, 0.6) is 0 Å². The number of hydrogen-bond acceptors (Lipinski definition) is 5. The molecule has 1 aliphatic carbocycles. The molecule has 1 aliphatic rings. The maximum Gasteiger partial charge on any atom is 0.162 e. The minimum absolute atomic E-state index is 0.449. The second-order valence-electron chi connectivity index (χ2n) is 5.27. The van der Waals surface area contributed by atoms with Gasteiger partial charge in [-0.05, 0) is 31.2 Å². The van der Waals surface area contributed by atoms with E-state index in [1.165, 1.54) is 25.7 Å². The van der Waals surface area contributed by atoms with Gasteiger partial charge in [0.1, 0.15) is 12.3 Å². The van der Waals surface area contributed by atoms with E-state index in [2.05, 4.69) is 5.16 Å². The van der Waals surface area contributed by atoms with Gasteiger partial charge in [0.2, 0.25) is 0 Å². The monoisotopic (exact) mass is 268 g/mol. The van der Waals surface area contributed by atoms with E-state index in [9.17, 15) is 0 Å². The molecule has 19 heavy (non-hydrogen) atoms. The number of ether oxygens (including phenoxy) is 2. The first-order chi connectivity index (χ1) is 9.33. The summed E-state index contributed by atoms with van der Waals surface area (Å²) in [5, 5.41) is 3.95. The highest BCUT2D eigenvalue weighted by Crippen LogP contribution is 2.29. The fourth-order valence-corrected chi connectivity index (χ4v) is 2.76. The Morgan fingerprint density at radius 2 is 2.11 bits per heavy atom. The molecule has 108 valence electrons. The zero-order chi connectivity index (χ0) is 13.5. The summed E-state index contributed by atoms with van der Waals surface area (Å²) in [5.41, 5.74) is 6.64. The molecule has 1 fully saturated rings. The Hall–Kier alpha value is -0.910. The van der Waals surface area contributed by atoms with E-state index in [1.807, 2.05) is 6.07 Å². The van der Waals surface area contributed by atoms with Crippen molar-refractivity contribution in [2.45, 2.75) is 38.9 Å². The Labute approximate surface area is 114 Å². The van der Waals surface area contributed by atoms with E-state index >= 15 is 0 Å². The van der Waals surface area contributed by atoms with Crippen LogP contribution in [0, 0.1) is 11.8 Å². The van der Waals surface area contributed by atoms with Crippen LogP contribution < -0.4 is 5.73 Å². The van der Waals surface area contributed by atoms with Gasteiger partial charge in [0.15, 0.2) is 5.76 Å². The maximum absolute atomic E-state index is 5.82. The second kappa shape index (κ2) is 7.62. The predicted octanol–water partition coefficient (Wildman–Crippen LogP) is 2.10. The van der Waals surface area contributed by atoms with Gasteiger partial charge in [-0.2, -0.15) is 0 Å². The molecule has 2 unspecified atom stereocenters. The molecule has 1 heterocycles. The number of nitrogens with two attached hydrogens (primary N) is 1. The molecule has 1 aromatic heterocycles. The van der Waals surface area contributed by atoms with Crippen molar-refractivity contribution in [3.63, 3.8) is 0 Å². The molecule has 0 aliphatic heterocycles. The van der Waals surface area contributed by atoms with Crippen LogP contribution in [-0.4, -0.2) is 25.4 Å². The van der Waals surface area contributed by atoms with Crippen LogP contribution in [0.4, 0.5) is 0 Å². The standard InChI is InChI=1S/C14H24N2O3/c1-17-10-14-6-13(16-19-14)9-18-8-12-5-3-2-4-11(12)7-15/h6,11-12H,2-5,7-10,15H2,1H3. The van der Waals surface area contributed by atoms with Crippen LogP contribution in [0.3, 0.4) is 0 Å². The average molecular weight is 268 g/mol. The molecule has 0 spiro atoms. The van der Waals surface area contributed by atoms with Crippen molar-refractivity contribution < 1.29 is 14.0 Å². The zero-order valence-electron chi connectivity index (χ0n) is 11.6. The van der Waals surface area contributed by atoms with Crippen molar-refractivity contribution in [3.05, 3.63) is 17.5 Å². The third-order valence-electron chi connectivity index (χ3n) is 3.85. The smallest absolute Gasteiger partial charge is 0.162 e. The molecule has 0 saturated heterocycles. The highest BCUT2D eigenvalue weighted by atomic mass is 16.5. The van der Waals surface area contributed by atoms with Gasteiger partial charge in [0.05, 0.1) is 13.2 Å². The largest absolute Gasteiger partial charge is 0.377 e. The van der Waals surface area contributed by atoms with E-state index in [1.54, 1.807) is 7.11 Å². The first-order valence-corrected chi connectivity index (χ1v) is 7.04. The van der Waals surface area contributed by atoms with Crippen molar-refractivity contribution >= 4 is 0 Å². The van der Waals surface area contributed by atoms with Gasteiger partial charge >= 0.3 is 0 Å². The quantitative estimate of drug-likeness (QED) is 0.820. The summed E-state index contributed by atoms with van der Waals surface area (Å²) in [6.45, 7) is 2.50. The van der Waals surface area contributed by atoms with Gasteiger partial charge in [-0.15, -0.1) is 0 Å². The van der Waals surface area contributed by atoms with E-state index < -0.39 is 0 Å². The molecule has 0 bridgehead atoms. The summed E-state index contributed by atoms with van der Waals surface area (Å²) in [7, 11) is 1.63. The van der Waals surface area contributed by atoms with Crippen molar-refractivity contribution in [2.75, 3.05) is 20.3 Å². The maximum atomic E-state index is 5.82. The lowest BCUT2D eigenvalue weighted by Gasteiger charge is -2.30. The van der Waals surface area contributed by atoms with Gasteiger partial charge < -0.3 is 19.7 Å². The summed E-state index contributed by atoms with van der Waals surface area (Å²) >= 11 is 0. The Bertz CT molecular complexity index is 367. The first kappa shape index (κ1) is 14.5. The Balaban J connectivity index is 1.72. The molecular formula is C14H24N2O3. The summed E-state index contributed by atoms with van der Waals surface area (Å²) in [5.74, 6) is 1.96. The summed E-state index contributed by atoms with van der Waals surface area (Å²) in [6.07, 6.45) is 5.08. The summed E-state index contributed by atoms with van der Waals surface area (Å²) in [6, 6.07) is 1.88. The highest BCUT2D eigenvalue weighted by Gasteiger charge is 2.23. The Kier molecular flexibility index (Phi) is 5.82. The second-order valence-corrected chi connectivity index (χ2v) is 5.27. The molecule has 2 rings (SSSR count).